The topological polar surface area (TPSA) is 75.3 Å². The Morgan fingerprint density at radius 3 is 1.52 bits per heavy atom. The van der Waals surface area contributed by atoms with E-state index in [-0.39, 0.29) is 0 Å². The lowest BCUT2D eigenvalue weighted by molar-refractivity contribution is -0.00518. The maximum Gasteiger partial charge on any atom is 0.164 e. The molecule has 4 aliphatic carbocycles. The van der Waals surface area contributed by atoms with Gasteiger partial charge in [0.2, 0.25) is 0 Å². The SMILES string of the molecule is N#Cc1ccc(-c2cc(-c3ccc(C45CC6C[C@H](C4)C[C@@H](C6)C5)cc3)cc(-c3nc(-c4ccccc4)nc(-c4ccncc4)n3)c2)cc1. The number of aromatic nitrogens is 4. The smallest absolute Gasteiger partial charge is 0.164 e. The van der Waals surface area contributed by atoms with Crippen molar-refractivity contribution in [2.24, 2.45) is 17.8 Å². The van der Waals surface area contributed by atoms with Crippen LogP contribution >= 0.6 is 0 Å². The van der Waals surface area contributed by atoms with Crippen LogP contribution < -0.4 is 0 Å². The van der Waals surface area contributed by atoms with Gasteiger partial charge in [0, 0.05) is 29.1 Å². The standard InChI is InChI=1S/C43H35N5/c44-27-28-6-8-32(9-7-28)36-21-37(33-10-12-39(13-11-33)43-24-29-18-30(25-43)20-31(19-29)26-43)23-38(22-36)42-47-40(34-4-2-1-3-5-34)46-41(48-42)35-14-16-45-17-15-35/h1-17,21-23,29-31H,18-20,24-26H2/t29-,30+,31?,43?. The summed E-state index contributed by atoms with van der Waals surface area (Å²) in [6.45, 7) is 0. The van der Waals surface area contributed by atoms with Crippen LogP contribution in [0.4, 0.5) is 0 Å². The minimum absolute atomic E-state index is 0.366. The van der Waals surface area contributed by atoms with Gasteiger partial charge in [0.15, 0.2) is 17.5 Å². The van der Waals surface area contributed by atoms with Crippen LogP contribution in [0, 0.1) is 29.1 Å². The molecule has 4 aliphatic rings. The maximum atomic E-state index is 9.44. The molecule has 0 unspecified atom stereocenters. The molecule has 0 N–H and O–H groups in total. The molecule has 0 radical (unpaired) electrons. The summed E-state index contributed by atoms with van der Waals surface area (Å²) in [6.07, 6.45) is 12.0. The molecule has 232 valence electrons. The molecule has 4 aromatic carbocycles. The first-order chi connectivity index (χ1) is 23.6. The molecule has 48 heavy (non-hydrogen) atoms. The van der Waals surface area contributed by atoms with Gasteiger partial charge >= 0.3 is 0 Å². The Labute approximate surface area is 281 Å². The molecule has 0 spiro atoms. The first kappa shape index (κ1) is 28.7. The van der Waals surface area contributed by atoms with E-state index in [1.165, 1.54) is 49.7 Å². The van der Waals surface area contributed by atoms with Gasteiger partial charge in [0.1, 0.15) is 0 Å². The normalized spacial score (nSPS) is 22.4. The Balaban J connectivity index is 1.17. The third-order valence-corrected chi connectivity index (χ3v) is 11.0. The summed E-state index contributed by atoms with van der Waals surface area (Å²) in [5.41, 5.74) is 9.62. The minimum atomic E-state index is 0.366. The molecule has 5 nitrogen and oxygen atoms in total. The average molecular weight is 622 g/mol. The molecule has 0 amide bonds. The van der Waals surface area contributed by atoms with Gasteiger partial charge < -0.3 is 0 Å². The van der Waals surface area contributed by atoms with E-state index in [0.717, 1.165) is 51.1 Å². The van der Waals surface area contributed by atoms with Gasteiger partial charge in [-0.05, 0) is 132 Å². The molecule has 4 bridgehead atoms. The second kappa shape index (κ2) is 11.6. The van der Waals surface area contributed by atoms with Crippen LogP contribution in [0.25, 0.3) is 56.4 Å². The van der Waals surface area contributed by atoms with Crippen LogP contribution in [0.3, 0.4) is 0 Å². The second-order valence-electron chi connectivity index (χ2n) is 14.2. The lowest BCUT2D eigenvalue weighted by Crippen LogP contribution is -2.48. The number of rotatable bonds is 6. The van der Waals surface area contributed by atoms with Crippen LogP contribution in [0.5, 0.6) is 0 Å². The molecule has 4 saturated carbocycles. The highest BCUT2D eigenvalue weighted by Gasteiger charge is 2.51. The first-order valence-electron chi connectivity index (χ1n) is 17.1. The summed E-state index contributed by atoms with van der Waals surface area (Å²) in [7, 11) is 0. The Bertz CT molecular complexity index is 2060. The summed E-state index contributed by atoms with van der Waals surface area (Å²) in [5.74, 6) is 4.59. The number of hydrogen-bond donors (Lipinski definition) is 0. The van der Waals surface area contributed by atoms with E-state index in [4.69, 9.17) is 15.0 Å². The Hall–Kier alpha value is -5.47. The van der Waals surface area contributed by atoms with E-state index >= 15 is 0 Å². The lowest BCUT2D eigenvalue weighted by Gasteiger charge is -2.57. The predicted octanol–water partition coefficient (Wildman–Crippen LogP) is 9.94. The van der Waals surface area contributed by atoms with Gasteiger partial charge in [0.25, 0.3) is 0 Å². The monoisotopic (exact) mass is 621 g/mol. The number of nitriles is 1. The zero-order valence-corrected chi connectivity index (χ0v) is 26.8. The Morgan fingerprint density at radius 2 is 0.979 bits per heavy atom. The van der Waals surface area contributed by atoms with Crippen molar-refractivity contribution in [3.63, 3.8) is 0 Å². The summed E-state index contributed by atoms with van der Waals surface area (Å²) >= 11 is 0. The van der Waals surface area contributed by atoms with E-state index in [0.29, 0.717) is 28.5 Å². The van der Waals surface area contributed by atoms with Crippen LogP contribution in [0.1, 0.15) is 49.7 Å². The van der Waals surface area contributed by atoms with E-state index in [1.807, 2.05) is 66.7 Å². The van der Waals surface area contributed by atoms with Crippen molar-refractivity contribution < 1.29 is 0 Å². The van der Waals surface area contributed by atoms with E-state index in [9.17, 15) is 5.26 Å². The summed E-state index contributed by atoms with van der Waals surface area (Å²) < 4.78 is 0. The van der Waals surface area contributed by atoms with E-state index < -0.39 is 0 Å². The molecule has 10 rings (SSSR count). The molecule has 2 heterocycles. The van der Waals surface area contributed by atoms with E-state index in [1.54, 1.807) is 12.4 Å². The number of benzene rings is 4. The fourth-order valence-corrected chi connectivity index (χ4v) is 9.16. The molecule has 2 aromatic heterocycles. The Morgan fingerprint density at radius 1 is 0.500 bits per heavy atom. The van der Waals surface area contributed by atoms with Gasteiger partial charge in [-0.15, -0.1) is 0 Å². The van der Waals surface area contributed by atoms with Crippen molar-refractivity contribution in [3.8, 4) is 62.5 Å². The first-order valence-corrected chi connectivity index (χ1v) is 17.1. The quantitative estimate of drug-likeness (QED) is 0.185. The van der Waals surface area contributed by atoms with Crippen molar-refractivity contribution in [1.82, 2.24) is 19.9 Å². The minimum Gasteiger partial charge on any atom is -0.265 e. The van der Waals surface area contributed by atoms with Crippen LogP contribution in [0.15, 0.2) is 122 Å². The van der Waals surface area contributed by atoms with Gasteiger partial charge in [-0.1, -0.05) is 66.7 Å². The zero-order chi connectivity index (χ0) is 32.1. The maximum absolute atomic E-state index is 9.44. The molecule has 5 heteroatoms. The van der Waals surface area contributed by atoms with Gasteiger partial charge in [-0.2, -0.15) is 5.26 Å². The van der Waals surface area contributed by atoms with Crippen LogP contribution in [0.2, 0.25) is 0 Å². The molecular weight excluding hydrogens is 587 g/mol. The number of nitrogens with zero attached hydrogens (tertiary/aromatic N) is 5. The fraction of sp³-hybridized carbons (Fsp3) is 0.233. The highest BCUT2D eigenvalue weighted by molar-refractivity contribution is 5.80. The highest BCUT2D eigenvalue weighted by atomic mass is 15.0. The number of pyridine rings is 1. The highest BCUT2D eigenvalue weighted by Crippen LogP contribution is 2.60. The number of hydrogen-bond acceptors (Lipinski definition) is 5. The van der Waals surface area contributed by atoms with Gasteiger partial charge in [-0.3, -0.25) is 4.98 Å². The van der Waals surface area contributed by atoms with Gasteiger partial charge in [0.05, 0.1) is 11.6 Å². The zero-order valence-electron chi connectivity index (χ0n) is 26.8. The molecule has 0 aliphatic heterocycles. The molecule has 4 fully saturated rings. The lowest BCUT2D eigenvalue weighted by atomic mass is 9.48. The summed E-state index contributed by atoms with van der Waals surface area (Å²) in [6, 6.07) is 40.0. The van der Waals surface area contributed by atoms with Crippen LogP contribution in [-0.4, -0.2) is 19.9 Å². The Kier molecular flexibility index (Phi) is 6.97. The van der Waals surface area contributed by atoms with Crippen molar-refractivity contribution >= 4 is 0 Å². The molecule has 0 atom stereocenters. The van der Waals surface area contributed by atoms with Crippen molar-refractivity contribution in [3.05, 3.63) is 133 Å². The van der Waals surface area contributed by atoms with Crippen LogP contribution in [-0.2, 0) is 5.41 Å². The molecule has 0 saturated heterocycles. The summed E-state index contributed by atoms with van der Waals surface area (Å²) in [5, 5.41) is 9.44. The van der Waals surface area contributed by atoms with E-state index in [2.05, 4.69) is 53.5 Å². The summed E-state index contributed by atoms with van der Waals surface area (Å²) in [4.78, 5) is 19.1. The third-order valence-electron chi connectivity index (χ3n) is 11.0. The van der Waals surface area contributed by atoms with Crippen molar-refractivity contribution in [2.75, 3.05) is 0 Å². The largest absolute Gasteiger partial charge is 0.265 e. The van der Waals surface area contributed by atoms with Crippen molar-refractivity contribution in [1.29, 1.82) is 5.26 Å². The van der Waals surface area contributed by atoms with Crippen molar-refractivity contribution in [2.45, 2.75) is 43.9 Å². The molecular formula is C43H35N5. The average Bonchev–Trinajstić information content (AvgIpc) is 3.15. The predicted molar refractivity (Wildman–Crippen MR) is 189 cm³/mol. The second-order valence-corrected chi connectivity index (χ2v) is 14.2. The third kappa shape index (κ3) is 5.28. The van der Waals surface area contributed by atoms with Gasteiger partial charge in [-0.25, -0.2) is 15.0 Å². The molecule has 6 aromatic rings. The fourth-order valence-electron chi connectivity index (χ4n) is 9.16.